The first-order valence-corrected chi connectivity index (χ1v) is 8.67. The number of hydrogen-bond donors (Lipinski definition) is 1. The lowest BCUT2D eigenvalue weighted by molar-refractivity contribution is -0.131. The van der Waals surface area contributed by atoms with E-state index in [1.54, 1.807) is 4.90 Å². The van der Waals surface area contributed by atoms with Gasteiger partial charge in [-0.1, -0.05) is 18.2 Å². The summed E-state index contributed by atoms with van der Waals surface area (Å²) in [5.41, 5.74) is 2.10. The van der Waals surface area contributed by atoms with Crippen LogP contribution < -0.4 is 10.2 Å². The van der Waals surface area contributed by atoms with Gasteiger partial charge in [0, 0.05) is 31.6 Å². The van der Waals surface area contributed by atoms with Gasteiger partial charge in [0.05, 0.1) is 6.54 Å². The number of nitrogens with one attached hydrogen (secondary N) is 1. The molecular formula is C19H25N3O3. The summed E-state index contributed by atoms with van der Waals surface area (Å²) in [4.78, 5) is 14.4. The molecule has 0 bridgehead atoms. The van der Waals surface area contributed by atoms with Crippen LogP contribution in [0.4, 0.5) is 5.69 Å². The maximum atomic E-state index is 12.8. The lowest BCUT2D eigenvalue weighted by Gasteiger charge is -2.29. The molecule has 0 aliphatic carbocycles. The number of nitrogens with zero attached hydrogens (tertiary/aromatic N) is 2. The van der Waals surface area contributed by atoms with Crippen molar-refractivity contribution in [2.75, 3.05) is 31.2 Å². The number of aryl methyl sites for hydroxylation is 1. The van der Waals surface area contributed by atoms with E-state index in [2.05, 4.69) is 5.32 Å². The van der Waals surface area contributed by atoms with Crippen molar-refractivity contribution in [3.63, 3.8) is 0 Å². The van der Waals surface area contributed by atoms with E-state index in [1.807, 2.05) is 44.2 Å². The van der Waals surface area contributed by atoms with Crippen molar-refractivity contribution in [2.24, 2.45) is 0 Å². The number of hydrogen-bond acceptors (Lipinski definition) is 5. The zero-order chi connectivity index (χ0) is 18.1. The SMILES string of the molecule is CCOC(CN/C=C(/C#N)C(=O)N1CCCc2ccccc21)OCC. The van der Waals surface area contributed by atoms with Crippen molar-refractivity contribution in [1.29, 1.82) is 5.26 Å². The van der Waals surface area contributed by atoms with Gasteiger partial charge in [-0.3, -0.25) is 4.79 Å². The van der Waals surface area contributed by atoms with Gasteiger partial charge in [-0.05, 0) is 38.3 Å². The summed E-state index contributed by atoms with van der Waals surface area (Å²) < 4.78 is 10.9. The van der Waals surface area contributed by atoms with Crippen LogP contribution in [0.1, 0.15) is 25.8 Å². The molecule has 0 fully saturated rings. The number of nitriles is 1. The highest BCUT2D eigenvalue weighted by atomic mass is 16.7. The van der Waals surface area contributed by atoms with E-state index in [1.165, 1.54) is 6.20 Å². The van der Waals surface area contributed by atoms with E-state index in [0.29, 0.717) is 26.3 Å². The summed E-state index contributed by atoms with van der Waals surface area (Å²) in [6, 6.07) is 9.82. The molecule has 1 N–H and O–H groups in total. The number of benzene rings is 1. The predicted molar refractivity (Wildman–Crippen MR) is 95.9 cm³/mol. The molecule has 2 rings (SSSR count). The third-order valence-electron chi connectivity index (χ3n) is 3.94. The molecule has 0 atom stereocenters. The van der Waals surface area contributed by atoms with Crippen LogP contribution in [0.5, 0.6) is 0 Å². The van der Waals surface area contributed by atoms with Gasteiger partial charge in [0.15, 0.2) is 6.29 Å². The van der Waals surface area contributed by atoms with Crippen molar-refractivity contribution in [2.45, 2.75) is 33.0 Å². The minimum Gasteiger partial charge on any atom is -0.385 e. The Morgan fingerprint density at radius 3 is 2.76 bits per heavy atom. The standard InChI is InChI=1S/C19H25N3O3/c1-3-24-18(25-4-2)14-21-13-16(12-20)19(23)22-11-7-9-15-8-5-6-10-17(15)22/h5-6,8,10,13,18,21H,3-4,7,9,11,14H2,1-2H3/b16-13-. The second-order valence-electron chi connectivity index (χ2n) is 5.61. The number of carbonyl (C=O) groups is 1. The number of carbonyl (C=O) groups excluding carboxylic acids is 1. The van der Waals surface area contributed by atoms with Crippen LogP contribution in [0.2, 0.25) is 0 Å². The minimum atomic E-state index is -0.406. The van der Waals surface area contributed by atoms with Crippen molar-refractivity contribution in [3.8, 4) is 6.07 Å². The third kappa shape index (κ3) is 5.05. The van der Waals surface area contributed by atoms with Gasteiger partial charge in [-0.25, -0.2) is 0 Å². The Kier molecular flexibility index (Phi) is 7.45. The van der Waals surface area contributed by atoms with Crippen LogP contribution in [0, 0.1) is 11.3 Å². The van der Waals surface area contributed by atoms with Crippen LogP contribution in [0.25, 0.3) is 0 Å². The first-order chi connectivity index (χ1) is 12.2. The lowest BCUT2D eigenvalue weighted by Crippen LogP contribution is -2.37. The summed E-state index contributed by atoms with van der Waals surface area (Å²) in [7, 11) is 0. The highest BCUT2D eigenvalue weighted by Gasteiger charge is 2.24. The summed E-state index contributed by atoms with van der Waals surface area (Å²) in [5.74, 6) is -0.286. The molecule has 0 saturated heterocycles. The largest absolute Gasteiger partial charge is 0.385 e. The zero-order valence-corrected chi connectivity index (χ0v) is 14.8. The molecule has 0 unspecified atom stereocenters. The predicted octanol–water partition coefficient (Wildman–Crippen LogP) is 2.36. The van der Waals surface area contributed by atoms with E-state index in [4.69, 9.17) is 9.47 Å². The Bertz CT molecular complexity index is 646. The summed E-state index contributed by atoms with van der Waals surface area (Å²) in [5, 5.41) is 12.3. The van der Waals surface area contributed by atoms with Gasteiger partial charge < -0.3 is 19.7 Å². The third-order valence-corrected chi connectivity index (χ3v) is 3.94. The molecule has 6 nitrogen and oxygen atoms in total. The van der Waals surface area contributed by atoms with Crippen LogP contribution in [0.3, 0.4) is 0 Å². The summed E-state index contributed by atoms with van der Waals surface area (Å²) in [6.07, 6.45) is 2.89. The van der Waals surface area contributed by atoms with Crippen molar-refractivity contribution in [3.05, 3.63) is 41.6 Å². The average molecular weight is 343 g/mol. The maximum absolute atomic E-state index is 12.8. The first kappa shape index (κ1) is 19.0. The highest BCUT2D eigenvalue weighted by molar-refractivity contribution is 6.08. The Hall–Kier alpha value is -2.36. The number of ether oxygens (including phenoxy) is 2. The lowest BCUT2D eigenvalue weighted by atomic mass is 10.0. The summed E-state index contributed by atoms with van der Waals surface area (Å²) in [6.45, 7) is 5.83. The quantitative estimate of drug-likeness (QED) is 0.445. The fourth-order valence-corrected chi connectivity index (χ4v) is 2.83. The Morgan fingerprint density at radius 2 is 2.08 bits per heavy atom. The zero-order valence-electron chi connectivity index (χ0n) is 14.8. The molecule has 0 spiro atoms. The molecular weight excluding hydrogens is 318 g/mol. The summed E-state index contributed by atoms with van der Waals surface area (Å²) >= 11 is 0. The fourth-order valence-electron chi connectivity index (χ4n) is 2.83. The highest BCUT2D eigenvalue weighted by Crippen LogP contribution is 2.27. The molecule has 1 heterocycles. The van der Waals surface area contributed by atoms with Crippen molar-refractivity contribution >= 4 is 11.6 Å². The smallest absolute Gasteiger partial charge is 0.270 e. The van der Waals surface area contributed by atoms with Gasteiger partial charge in [-0.2, -0.15) is 5.26 Å². The number of anilines is 1. The number of para-hydroxylation sites is 1. The van der Waals surface area contributed by atoms with Crippen LogP contribution >= 0.6 is 0 Å². The minimum absolute atomic E-state index is 0.0726. The number of fused-ring (bicyclic) bond motifs is 1. The number of rotatable bonds is 8. The molecule has 1 aromatic rings. The average Bonchev–Trinajstić information content (AvgIpc) is 2.64. The molecule has 1 aliphatic heterocycles. The van der Waals surface area contributed by atoms with Crippen molar-refractivity contribution in [1.82, 2.24) is 5.32 Å². The molecule has 134 valence electrons. The van der Waals surface area contributed by atoms with Gasteiger partial charge in [0.2, 0.25) is 0 Å². The second-order valence-corrected chi connectivity index (χ2v) is 5.61. The first-order valence-electron chi connectivity index (χ1n) is 8.67. The van der Waals surface area contributed by atoms with Gasteiger partial charge >= 0.3 is 0 Å². The molecule has 1 aliphatic rings. The van der Waals surface area contributed by atoms with Crippen LogP contribution in [0.15, 0.2) is 36.0 Å². The molecule has 1 amide bonds. The normalized spacial score (nSPS) is 14.2. The Balaban J connectivity index is 2.05. The molecule has 0 radical (unpaired) electrons. The van der Waals surface area contributed by atoms with E-state index < -0.39 is 6.29 Å². The molecule has 1 aromatic carbocycles. The van der Waals surface area contributed by atoms with Gasteiger partial charge in [-0.15, -0.1) is 0 Å². The van der Waals surface area contributed by atoms with Crippen LogP contribution in [-0.4, -0.2) is 38.5 Å². The van der Waals surface area contributed by atoms with Gasteiger partial charge in [0.25, 0.3) is 5.91 Å². The molecule has 6 heteroatoms. The van der Waals surface area contributed by atoms with E-state index in [-0.39, 0.29) is 11.5 Å². The van der Waals surface area contributed by atoms with E-state index in [9.17, 15) is 10.1 Å². The molecule has 0 saturated carbocycles. The number of amides is 1. The monoisotopic (exact) mass is 343 g/mol. The van der Waals surface area contributed by atoms with Crippen LogP contribution in [-0.2, 0) is 20.7 Å². The fraction of sp³-hybridized carbons (Fsp3) is 0.474. The van der Waals surface area contributed by atoms with Gasteiger partial charge in [0.1, 0.15) is 11.6 Å². The second kappa shape index (κ2) is 9.82. The Morgan fingerprint density at radius 1 is 1.36 bits per heavy atom. The molecule has 0 aromatic heterocycles. The van der Waals surface area contributed by atoms with E-state index >= 15 is 0 Å². The molecule has 25 heavy (non-hydrogen) atoms. The van der Waals surface area contributed by atoms with E-state index in [0.717, 1.165) is 24.1 Å². The maximum Gasteiger partial charge on any atom is 0.270 e. The topological polar surface area (TPSA) is 74.6 Å². The Labute approximate surface area is 149 Å². The van der Waals surface area contributed by atoms with Crippen molar-refractivity contribution < 1.29 is 14.3 Å².